The summed E-state index contributed by atoms with van der Waals surface area (Å²) in [4.78, 5) is 0. The Labute approximate surface area is 127 Å². The highest BCUT2D eigenvalue weighted by molar-refractivity contribution is 7.88. The first-order valence-corrected chi connectivity index (χ1v) is 9.63. The van der Waals surface area contributed by atoms with E-state index in [4.69, 9.17) is 0 Å². The molecule has 21 heavy (non-hydrogen) atoms. The first-order valence-electron chi connectivity index (χ1n) is 7.78. The summed E-state index contributed by atoms with van der Waals surface area (Å²) in [6, 6.07) is 11.8. The van der Waals surface area contributed by atoms with Crippen molar-refractivity contribution in [2.24, 2.45) is 0 Å². The summed E-state index contributed by atoms with van der Waals surface area (Å²) in [5.74, 6) is 0.694. The molecule has 1 N–H and O–H groups in total. The second-order valence-electron chi connectivity index (χ2n) is 6.38. The van der Waals surface area contributed by atoms with E-state index >= 15 is 0 Å². The number of piperidine rings is 1. The highest BCUT2D eigenvalue weighted by atomic mass is 32.2. The van der Waals surface area contributed by atoms with Gasteiger partial charge in [0.2, 0.25) is 10.0 Å². The maximum atomic E-state index is 11.5. The summed E-state index contributed by atoms with van der Waals surface area (Å²) in [6.07, 6.45) is 5.57. The third-order valence-corrected chi connectivity index (χ3v) is 6.11. The molecule has 2 aliphatic rings. The molecule has 1 aliphatic heterocycles. The largest absolute Gasteiger partial charge is 0.311 e. The summed E-state index contributed by atoms with van der Waals surface area (Å²) in [7, 11) is -3.01. The van der Waals surface area contributed by atoms with Gasteiger partial charge in [-0.1, -0.05) is 30.3 Å². The molecule has 1 heterocycles. The average molecular weight is 308 g/mol. The minimum Gasteiger partial charge on any atom is -0.311 e. The van der Waals surface area contributed by atoms with Gasteiger partial charge in [-0.15, -0.1) is 0 Å². The van der Waals surface area contributed by atoms with Gasteiger partial charge in [0, 0.05) is 25.2 Å². The average Bonchev–Trinajstić information content (AvgIpc) is 2.43. The van der Waals surface area contributed by atoms with Crippen molar-refractivity contribution in [1.82, 2.24) is 9.62 Å². The highest BCUT2D eigenvalue weighted by Gasteiger charge is 2.33. The third-order valence-electron chi connectivity index (χ3n) is 4.80. The van der Waals surface area contributed by atoms with Crippen LogP contribution >= 0.6 is 0 Å². The van der Waals surface area contributed by atoms with E-state index in [1.165, 1.54) is 24.7 Å². The molecule has 0 spiro atoms. The normalized spacial score (nSPS) is 28.2. The molecule has 4 nitrogen and oxygen atoms in total. The lowest BCUT2D eigenvalue weighted by Gasteiger charge is -2.40. The van der Waals surface area contributed by atoms with Crippen molar-refractivity contribution >= 4 is 10.0 Å². The number of hydrogen-bond donors (Lipinski definition) is 1. The smallest absolute Gasteiger partial charge is 0.211 e. The zero-order valence-electron chi connectivity index (χ0n) is 12.5. The Morgan fingerprint density at radius 2 is 1.67 bits per heavy atom. The Morgan fingerprint density at radius 1 is 1.05 bits per heavy atom. The van der Waals surface area contributed by atoms with Crippen molar-refractivity contribution < 1.29 is 8.42 Å². The lowest BCUT2D eigenvalue weighted by atomic mass is 9.75. The third kappa shape index (κ3) is 3.65. The predicted octanol–water partition coefficient (Wildman–Crippen LogP) is 1.95. The van der Waals surface area contributed by atoms with E-state index in [0.29, 0.717) is 31.1 Å². The van der Waals surface area contributed by atoms with Gasteiger partial charge in [0.05, 0.1) is 6.26 Å². The van der Waals surface area contributed by atoms with E-state index in [9.17, 15) is 8.42 Å². The van der Waals surface area contributed by atoms with E-state index in [-0.39, 0.29) is 0 Å². The summed E-state index contributed by atoms with van der Waals surface area (Å²) in [6.45, 7) is 1.32. The Bertz CT molecular complexity index is 559. The summed E-state index contributed by atoms with van der Waals surface area (Å²) < 4.78 is 24.6. The minimum absolute atomic E-state index is 0.477. The molecule has 0 unspecified atom stereocenters. The van der Waals surface area contributed by atoms with Crippen LogP contribution in [0.1, 0.15) is 37.2 Å². The molecule has 0 aromatic heterocycles. The van der Waals surface area contributed by atoms with Crippen LogP contribution < -0.4 is 5.32 Å². The van der Waals surface area contributed by atoms with Crippen LogP contribution in [0.5, 0.6) is 0 Å². The number of benzene rings is 1. The van der Waals surface area contributed by atoms with Crippen LogP contribution in [0.3, 0.4) is 0 Å². The summed E-state index contributed by atoms with van der Waals surface area (Å²) in [5, 5.41) is 3.71. The summed E-state index contributed by atoms with van der Waals surface area (Å²) in [5.41, 5.74) is 1.45. The van der Waals surface area contributed by atoms with Crippen molar-refractivity contribution in [2.75, 3.05) is 19.3 Å². The van der Waals surface area contributed by atoms with Crippen LogP contribution in [-0.4, -0.2) is 44.2 Å². The first-order chi connectivity index (χ1) is 10.0. The maximum absolute atomic E-state index is 11.5. The van der Waals surface area contributed by atoms with E-state index in [1.54, 1.807) is 4.31 Å². The molecule has 0 bridgehead atoms. The van der Waals surface area contributed by atoms with Crippen molar-refractivity contribution in [3.05, 3.63) is 35.9 Å². The molecular weight excluding hydrogens is 284 g/mol. The van der Waals surface area contributed by atoms with Gasteiger partial charge in [-0.2, -0.15) is 0 Å². The molecule has 1 aliphatic carbocycles. The molecule has 0 amide bonds. The molecule has 116 valence electrons. The standard InChI is InChI=1S/C16H24N2O2S/c1-21(19,20)18-9-7-15(8-10-18)17-16-11-14(12-16)13-5-3-2-4-6-13/h2-6,14-17H,7-12H2,1H3. The zero-order valence-corrected chi connectivity index (χ0v) is 13.3. The molecule has 1 aromatic rings. The molecular formula is C16H24N2O2S. The van der Waals surface area contributed by atoms with Crippen LogP contribution in [0, 0.1) is 0 Å². The zero-order chi connectivity index (χ0) is 14.9. The predicted molar refractivity (Wildman–Crippen MR) is 84.8 cm³/mol. The molecule has 2 fully saturated rings. The van der Waals surface area contributed by atoms with E-state index in [2.05, 4.69) is 35.6 Å². The van der Waals surface area contributed by atoms with Gasteiger partial charge in [0.25, 0.3) is 0 Å². The Hall–Kier alpha value is -0.910. The van der Waals surface area contributed by atoms with E-state index < -0.39 is 10.0 Å². The second kappa shape index (κ2) is 6.07. The first kappa shape index (κ1) is 15.0. The molecule has 1 saturated heterocycles. The van der Waals surface area contributed by atoms with Gasteiger partial charge < -0.3 is 5.32 Å². The summed E-state index contributed by atoms with van der Waals surface area (Å²) >= 11 is 0. The van der Waals surface area contributed by atoms with Crippen LogP contribution in [0.2, 0.25) is 0 Å². The maximum Gasteiger partial charge on any atom is 0.211 e. The lowest BCUT2D eigenvalue weighted by molar-refractivity contribution is 0.218. The SMILES string of the molecule is CS(=O)(=O)N1CCC(NC2CC(c3ccccc3)C2)CC1. The molecule has 1 saturated carbocycles. The quantitative estimate of drug-likeness (QED) is 0.925. The van der Waals surface area contributed by atoms with Gasteiger partial charge in [-0.05, 0) is 37.2 Å². The topological polar surface area (TPSA) is 49.4 Å². The van der Waals surface area contributed by atoms with Gasteiger partial charge in [-0.3, -0.25) is 0 Å². The second-order valence-corrected chi connectivity index (χ2v) is 8.36. The Balaban J connectivity index is 1.42. The molecule has 3 rings (SSSR count). The monoisotopic (exact) mass is 308 g/mol. The number of nitrogens with one attached hydrogen (secondary N) is 1. The fourth-order valence-corrected chi connectivity index (χ4v) is 4.31. The fraction of sp³-hybridized carbons (Fsp3) is 0.625. The van der Waals surface area contributed by atoms with E-state index in [0.717, 1.165) is 12.8 Å². The number of sulfonamides is 1. The van der Waals surface area contributed by atoms with Crippen LogP contribution in [0.15, 0.2) is 30.3 Å². The van der Waals surface area contributed by atoms with E-state index in [1.807, 2.05) is 0 Å². The minimum atomic E-state index is -3.01. The van der Waals surface area contributed by atoms with Crippen molar-refractivity contribution in [3.63, 3.8) is 0 Å². The van der Waals surface area contributed by atoms with Gasteiger partial charge in [-0.25, -0.2) is 12.7 Å². The number of rotatable bonds is 4. The van der Waals surface area contributed by atoms with Crippen LogP contribution in [0.4, 0.5) is 0 Å². The van der Waals surface area contributed by atoms with Crippen LogP contribution in [0.25, 0.3) is 0 Å². The Morgan fingerprint density at radius 3 is 2.24 bits per heavy atom. The van der Waals surface area contributed by atoms with Crippen molar-refractivity contribution in [3.8, 4) is 0 Å². The van der Waals surface area contributed by atoms with Crippen molar-refractivity contribution in [1.29, 1.82) is 0 Å². The molecule has 0 atom stereocenters. The number of hydrogen-bond acceptors (Lipinski definition) is 3. The van der Waals surface area contributed by atoms with Gasteiger partial charge in [0.1, 0.15) is 0 Å². The van der Waals surface area contributed by atoms with Gasteiger partial charge in [0.15, 0.2) is 0 Å². The Kier molecular flexibility index (Phi) is 4.33. The van der Waals surface area contributed by atoms with Crippen molar-refractivity contribution in [2.45, 2.75) is 43.7 Å². The molecule has 1 aromatic carbocycles. The van der Waals surface area contributed by atoms with Crippen LogP contribution in [-0.2, 0) is 10.0 Å². The molecule has 5 heteroatoms. The molecule has 0 radical (unpaired) electrons. The fourth-order valence-electron chi connectivity index (χ4n) is 3.44. The van der Waals surface area contributed by atoms with Gasteiger partial charge >= 0.3 is 0 Å². The lowest BCUT2D eigenvalue weighted by Crippen LogP contribution is -2.50. The number of nitrogens with zero attached hydrogens (tertiary/aromatic N) is 1. The highest BCUT2D eigenvalue weighted by Crippen LogP contribution is 2.37.